The van der Waals surface area contributed by atoms with Gasteiger partial charge in [0.15, 0.2) is 6.17 Å². The monoisotopic (exact) mass is 360 g/mol. The number of ether oxygens (including phenoxy) is 1. The van der Waals surface area contributed by atoms with Crippen LogP contribution in [-0.2, 0) is 19.6 Å². The first kappa shape index (κ1) is 18.5. The number of carbonyl (C=O) groups excluding carboxylic acids is 1. The van der Waals surface area contributed by atoms with E-state index in [0.717, 1.165) is 12.8 Å². The zero-order chi connectivity index (χ0) is 17.5. The van der Waals surface area contributed by atoms with Crippen LogP contribution in [0.3, 0.4) is 0 Å². The Bertz CT molecular complexity index is 558. The lowest BCUT2D eigenvalue weighted by Crippen LogP contribution is -2.39. The van der Waals surface area contributed by atoms with Crippen molar-refractivity contribution < 1.29 is 40.8 Å². The van der Waals surface area contributed by atoms with Crippen molar-refractivity contribution in [2.75, 3.05) is 6.61 Å². The molecule has 0 radical (unpaired) electrons. The fourth-order valence-electron chi connectivity index (χ4n) is 3.11. The molecule has 0 aromatic rings. The second-order valence-electron chi connectivity index (χ2n) is 6.22. The van der Waals surface area contributed by atoms with Crippen molar-refractivity contribution in [2.45, 2.75) is 55.6 Å². The number of aliphatic hydroxyl groups is 1. The predicted octanol–water partition coefficient (Wildman–Crippen LogP) is 1.68. The minimum atomic E-state index is -5.87. The van der Waals surface area contributed by atoms with E-state index in [1.54, 1.807) is 0 Å². The van der Waals surface area contributed by atoms with Gasteiger partial charge in [-0.3, -0.25) is 9.35 Å². The third kappa shape index (κ3) is 3.80. The van der Waals surface area contributed by atoms with Crippen LogP contribution in [0.25, 0.3) is 0 Å². The summed E-state index contributed by atoms with van der Waals surface area (Å²) in [7, 11) is -5.87. The van der Waals surface area contributed by atoms with Crippen LogP contribution in [0.1, 0.15) is 38.5 Å². The Morgan fingerprint density at radius 2 is 1.91 bits per heavy atom. The maximum Gasteiger partial charge on any atom is 0.400 e. The molecular formula is C13H19F3O6S. The van der Waals surface area contributed by atoms with Gasteiger partial charge in [0.05, 0.1) is 18.1 Å². The van der Waals surface area contributed by atoms with E-state index < -0.39 is 52.1 Å². The van der Waals surface area contributed by atoms with Crippen LogP contribution in [0.4, 0.5) is 13.2 Å². The van der Waals surface area contributed by atoms with Gasteiger partial charge in [-0.05, 0) is 19.3 Å². The van der Waals surface area contributed by atoms with E-state index in [-0.39, 0.29) is 5.92 Å². The maximum atomic E-state index is 13.2. The van der Waals surface area contributed by atoms with Crippen LogP contribution in [0.5, 0.6) is 0 Å². The van der Waals surface area contributed by atoms with Gasteiger partial charge >= 0.3 is 21.3 Å². The molecule has 2 aliphatic carbocycles. The first-order valence-corrected chi connectivity index (χ1v) is 8.81. The standard InChI is InChI=1S/C13H19F3O6S/c14-10(13(15,16)23(19,20)21)3-6-22-11(17)8-7-9(8)12(18)4-1-2-5-12/h8-10,18H,1-7H2,(H,19,20,21). The second-order valence-corrected chi connectivity index (χ2v) is 7.71. The molecule has 2 fully saturated rings. The van der Waals surface area contributed by atoms with Crippen LogP contribution >= 0.6 is 0 Å². The minimum Gasteiger partial charge on any atom is -0.465 e. The van der Waals surface area contributed by atoms with E-state index in [9.17, 15) is 31.5 Å². The van der Waals surface area contributed by atoms with Gasteiger partial charge in [0.2, 0.25) is 0 Å². The van der Waals surface area contributed by atoms with Gasteiger partial charge in [-0.25, -0.2) is 4.39 Å². The van der Waals surface area contributed by atoms with Gasteiger partial charge in [0.25, 0.3) is 0 Å². The summed E-state index contributed by atoms with van der Waals surface area (Å²) in [5, 5.41) is 5.35. The lowest BCUT2D eigenvalue weighted by molar-refractivity contribution is -0.147. The van der Waals surface area contributed by atoms with Crippen molar-refractivity contribution in [1.29, 1.82) is 0 Å². The Labute approximate surface area is 131 Å². The number of hydrogen-bond donors (Lipinski definition) is 2. The van der Waals surface area contributed by atoms with Crippen molar-refractivity contribution >= 4 is 16.1 Å². The van der Waals surface area contributed by atoms with Crippen LogP contribution in [0.2, 0.25) is 0 Å². The van der Waals surface area contributed by atoms with Gasteiger partial charge in [-0.15, -0.1) is 0 Å². The Kier molecular flexibility index (Phi) is 4.99. The number of alkyl halides is 3. The Morgan fingerprint density at radius 1 is 1.35 bits per heavy atom. The number of rotatable bonds is 7. The minimum absolute atomic E-state index is 0.224. The van der Waals surface area contributed by atoms with Crippen molar-refractivity contribution in [3.05, 3.63) is 0 Å². The summed E-state index contributed by atoms with van der Waals surface area (Å²) < 4.78 is 72.8. The molecular weight excluding hydrogens is 341 g/mol. The fourth-order valence-corrected chi connectivity index (χ4v) is 3.55. The van der Waals surface area contributed by atoms with Crippen LogP contribution in [0, 0.1) is 11.8 Å². The fraction of sp³-hybridized carbons (Fsp3) is 0.923. The van der Waals surface area contributed by atoms with Gasteiger partial charge in [0.1, 0.15) is 0 Å². The Morgan fingerprint density at radius 3 is 2.43 bits per heavy atom. The zero-order valence-corrected chi connectivity index (χ0v) is 13.1. The molecule has 2 saturated carbocycles. The third-order valence-corrected chi connectivity index (χ3v) is 5.52. The number of esters is 1. The first-order valence-electron chi connectivity index (χ1n) is 7.37. The molecule has 10 heteroatoms. The Hall–Kier alpha value is -0.870. The highest BCUT2D eigenvalue weighted by molar-refractivity contribution is 7.86. The highest BCUT2D eigenvalue weighted by Crippen LogP contribution is 2.53. The van der Waals surface area contributed by atoms with Gasteiger partial charge < -0.3 is 9.84 Å². The molecule has 134 valence electrons. The molecule has 0 spiro atoms. The predicted molar refractivity (Wildman–Crippen MR) is 72.0 cm³/mol. The topological polar surface area (TPSA) is 101 Å². The van der Waals surface area contributed by atoms with Crippen molar-refractivity contribution in [2.24, 2.45) is 11.8 Å². The summed E-state index contributed by atoms with van der Waals surface area (Å²) in [5.41, 5.74) is -0.885. The summed E-state index contributed by atoms with van der Waals surface area (Å²) in [5.74, 6) is -1.46. The van der Waals surface area contributed by atoms with Crippen molar-refractivity contribution in [3.8, 4) is 0 Å². The largest absolute Gasteiger partial charge is 0.465 e. The summed E-state index contributed by atoms with van der Waals surface area (Å²) in [6, 6.07) is 0. The van der Waals surface area contributed by atoms with Gasteiger partial charge in [0, 0.05) is 12.3 Å². The van der Waals surface area contributed by atoms with Crippen molar-refractivity contribution in [3.63, 3.8) is 0 Å². The third-order valence-electron chi connectivity index (χ3n) is 4.58. The average Bonchev–Trinajstić information content (AvgIpc) is 3.14. The first-order chi connectivity index (χ1) is 10.5. The van der Waals surface area contributed by atoms with Crippen LogP contribution in [0.15, 0.2) is 0 Å². The molecule has 0 aromatic carbocycles. The normalized spacial score (nSPS) is 28.4. The molecule has 0 aromatic heterocycles. The summed E-state index contributed by atoms with van der Waals surface area (Å²) in [6.07, 6.45) is -0.829. The molecule has 2 aliphatic rings. The van der Waals surface area contributed by atoms with Crippen LogP contribution < -0.4 is 0 Å². The molecule has 0 heterocycles. The molecule has 2 N–H and O–H groups in total. The van der Waals surface area contributed by atoms with Crippen LogP contribution in [-0.4, -0.2) is 47.7 Å². The van der Waals surface area contributed by atoms with Gasteiger partial charge in [-0.1, -0.05) is 12.8 Å². The average molecular weight is 360 g/mol. The highest BCUT2D eigenvalue weighted by atomic mass is 32.2. The lowest BCUT2D eigenvalue weighted by Gasteiger charge is -2.22. The molecule has 3 atom stereocenters. The second kappa shape index (κ2) is 6.21. The summed E-state index contributed by atoms with van der Waals surface area (Å²) >= 11 is 0. The number of halogens is 3. The maximum absolute atomic E-state index is 13.2. The molecule has 6 nitrogen and oxygen atoms in total. The van der Waals surface area contributed by atoms with E-state index in [0.29, 0.717) is 19.3 Å². The van der Waals surface area contributed by atoms with Crippen molar-refractivity contribution in [1.82, 2.24) is 0 Å². The highest BCUT2D eigenvalue weighted by Gasteiger charge is 2.57. The van der Waals surface area contributed by atoms with E-state index in [1.165, 1.54) is 0 Å². The van der Waals surface area contributed by atoms with E-state index in [4.69, 9.17) is 4.55 Å². The molecule has 0 bridgehead atoms. The SMILES string of the molecule is O=C(OCCC(F)C(F)(F)S(=O)(=O)O)C1CC1C1(O)CCCC1. The molecule has 0 saturated heterocycles. The molecule has 2 rings (SSSR count). The van der Waals surface area contributed by atoms with E-state index in [2.05, 4.69) is 4.74 Å². The summed E-state index contributed by atoms with van der Waals surface area (Å²) in [4.78, 5) is 11.7. The Balaban J connectivity index is 1.76. The number of carbonyl (C=O) groups is 1. The lowest BCUT2D eigenvalue weighted by atomic mass is 9.94. The summed E-state index contributed by atoms with van der Waals surface area (Å²) in [6.45, 7) is -0.729. The molecule has 23 heavy (non-hydrogen) atoms. The zero-order valence-electron chi connectivity index (χ0n) is 12.3. The van der Waals surface area contributed by atoms with E-state index in [1.807, 2.05) is 0 Å². The smallest absolute Gasteiger partial charge is 0.400 e. The van der Waals surface area contributed by atoms with Gasteiger partial charge in [-0.2, -0.15) is 17.2 Å². The molecule has 0 amide bonds. The molecule has 0 aliphatic heterocycles. The molecule has 3 unspecified atom stereocenters. The number of hydrogen-bond acceptors (Lipinski definition) is 5. The quantitative estimate of drug-likeness (QED) is 0.529. The van der Waals surface area contributed by atoms with E-state index >= 15 is 0 Å².